The van der Waals surface area contributed by atoms with E-state index in [1.807, 2.05) is 0 Å². The van der Waals surface area contributed by atoms with Crippen LogP contribution >= 0.6 is 0 Å². The van der Waals surface area contributed by atoms with Gasteiger partial charge in [-0.15, -0.1) is 0 Å². The molecule has 0 spiro atoms. The Morgan fingerprint density at radius 2 is 2.18 bits per heavy atom. The van der Waals surface area contributed by atoms with Crippen molar-refractivity contribution in [2.45, 2.75) is 32.1 Å². The normalized spacial score (nSPS) is 22.6. The summed E-state index contributed by atoms with van der Waals surface area (Å²) in [5.41, 5.74) is 5.35. The van der Waals surface area contributed by atoms with E-state index in [9.17, 15) is 13.2 Å². The van der Waals surface area contributed by atoms with Crippen molar-refractivity contribution in [3.63, 3.8) is 0 Å². The molecule has 1 unspecified atom stereocenters. The molecule has 1 heterocycles. The Hall–Kier alpha value is -0.460. The van der Waals surface area contributed by atoms with Gasteiger partial charge in [-0.2, -0.15) is 0 Å². The highest BCUT2D eigenvalue weighted by atomic mass is 32.2. The molecule has 17 heavy (non-hydrogen) atoms. The first-order valence-corrected chi connectivity index (χ1v) is 7.95. The van der Waals surface area contributed by atoms with Crippen molar-refractivity contribution in [1.82, 2.24) is 4.31 Å². The number of sulfonamides is 1. The maximum absolute atomic E-state index is 11.6. The fraction of sp³-hybridized carbons (Fsp3) is 0.909. The van der Waals surface area contributed by atoms with E-state index in [-0.39, 0.29) is 11.7 Å². The van der Waals surface area contributed by atoms with Crippen LogP contribution < -0.4 is 5.73 Å². The third-order valence-corrected chi connectivity index (χ3v) is 4.40. The lowest BCUT2D eigenvalue weighted by molar-refractivity contribution is -0.120. The van der Waals surface area contributed by atoms with Gasteiger partial charge in [-0.05, 0) is 31.7 Å². The molecule has 0 aromatic rings. The Kier molecular flexibility index (Phi) is 5.55. The highest BCUT2D eigenvalue weighted by Gasteiger charge is 2.26. The third-order valence-electron chi connectivity index (χ3n) is 3.13. The largest absolute Gasteiger partial charge is 0.330 e. The summed E-state index contributed by atoms with van der Waals surface area (Å²) in [6.07, 6.45) is 4.76. The van der Waals surface area contributed by atoms with Gasteiger partial charge >= 0.3 is 0 Å². The summed E-state index contributed by atoms with van der Waals surface area (Å²) < 4.78 is 24.3. The molecular formula is C11H22N2O3S. The molecule has 1 saturated heterocycles. The minimum absolute atomic E-state index is 0.184. The third kappa shape index (κ3) is 5.14. The topological polar surface area (TPSA) is 80.5 Å². The van der Waals surface area contributed by atoms with Crippen molar-refractivity contribution >= 4 is 15.8 Å². The Morgan fingerprint density at radius 1 is 1.47 bits per heavy atom. The van der Waals surface area contributed by atoms with Crippen LogP contribution in [0.2, 0.25) is 0 Å². The summed E-state index contributed by atoms with van der Waals surface area (Å²) in [4.78, 5) is 11.6. The van der Waals surface area contributed by atoms with Crippen molar-refractivity contribution in [2.75, 3.05) is 25.9 Å². The van der Waals surface area contributed by atoms with Gasteiger partial charge in [0.1, 0.15) is 5.78 Å². The highest BCUT2D eigenvalue weighted by molar-refractivity contribution is 7.88. The smallest absolute Gasteiger partial charge is 0.211 e. The fourth-order valence-electron chi connectivity index (χ4n) is 2.22. The van der Waals surface area contributed by atoms with E-state index in [1.165, 1.54) is 10.6 Å². The molecule has 0 aliphatic carbocycles. The average molecular weight is 262 g/mol. The number of carbonyl (C=O) groups excluding carboxylic acids is 1. The molecule has 0 aromatic carbocycles. The van der Waals surface area contributed by atoms with Crippen molar-refractivity contribution in [2.24, 2.45) is 11.7 Å². The molecule has 0 saturated carbocycles. The zero-order valence-corrected chi connectivity index (χ0v) is 11.2. The molecule has 0 aromatic heterocycles. The van der Waals surface area contributed by atoms with Gasteiger partial charge in [-0.25, -0.2) is 12.7 Å². The summed E-state index contributed by atoms with van der Waals surface area (Å²) in [5, 5.41) is 0. The summed E-state index contributed by atoms with van der Waals surface area (Å²) in [6, 6.07) is 0. The van der Waals surface area contributed by atoms with Crippen molar-refractivity contribution in [3.8, 4) is 0 Å². The van der Waals surface area contributed by atoms with Gasteiger partial charge in [0, 0.05) is 25.9 Å². The van der Waals surface area contributed by atoms with E-state index in [2.05, 4.69) is 0 Å². The number of hydrogen-bond donors (Lipinski definition) is 1. The minimum atomic E-state index is -3.11. The lowest BCUT2D eigenvalue weighted by Gasteiger charge is -2.30. The van der Waals surface area contributed by atoms with Crippen molar-refractivity contribution in [1.29, 1.82) is 0 Å². The fourth-order valence-corrected chi connectivity index (χ4v) is 3.16. The van der Waals surface area contributed by atoms with E-state index in [0.717, 1.165) is 19.3 Å². The molecule has 1 rings (SSSR count). The van der Waals surface area contributed by atoms with Crippen LogP contribution in [0.25, 0.3) is 0 Å². The molecule has 1 atom stereocenters. The summed E-state index contributed by atoms with van der Waals surface area (Å²) in [5.74, 6) is 0.388. The summed E-state index contributed by atoms with van der Waals surface area (Å²) >= 11 is 0. The second-order valence-corrected chi connectivity index (χ2v) is 6.75. The molecule has 0 bridgehead atoms. The Labute approximate surface area is 103 Å². The lowest BCUT2D eigenvalue weighted by Crippen LogP contribution is -2.39. The number of ketones is 1. The van der Waals surface area contributed by atoms with Crippen LogP contribution in [-0.2, 0) is 14.8 Å². The number of piperidine rings is 1. The zero-order chi connectivity index (χ0) is 12.9. The lowest BCUT2D eigenvalue weighted by atomic mass is 9.93. The number of Topliss-reactive ketones (excluding diaryl/α,β-unsaturated/α-hetero) is 1. The number of nitrogens with two attached hydrogens (primary N) is 1. The molecule has 1 fully saturated rings. The van der Waals surface area contributed by atoms with Gasteiger partial charge in [0.05, 0.1) is 6.26 Å². The second-order valence-electron chi connectivity index (χ2n) is 4.76. The van der Waals surface area contributed by atoms with E-state index < -0.39 is 10.0 Å². The van der Waals surface area contributed by atoms with Gasteiger partial charge in [0.15, 0.2) is 0 Å². The quantitative estimate of drug-likeness (QED) is 0.749. The minimum Gasteiger partial charge on any atom is -0.330 e. The molecule has 1 aliphatic rings. The van der Waals surface area contributed by atoms with Crippen LogP contribution in [0.4, 0.5) is 0 Å². The van der Waals surface area contributed by atoms with Crippen molar-refractivity contribution in [3.05, 3.63) is 0 Å². The van der Waals surface area contributed by atoms with Crippen molar-refractivity contribution < 1.29 is 13.2 Å². The monoisotopic (exact) mass is 262 g/mol. The standard InChI is InChI=1S/C11H22N2O3S/c1-17(15,16)13-7-3-4-10(9-13)8-11(14)5-2-6-12/h10H,2-9,12H2,1H3. The van der Waals surface area contributed by atoms with Crippen LogP contribution in [0.5, 0.6) is 0 Å². The van der Waals surface area contributed by atoms with E-state index in [0.29, 0.717) is 32.5 Å². The molecule has 2 N–H and O–H groups in total. The molecule has 100 valence electrons. The molecule has 0 radical (unpaired) electrons. The number of hydrogen-bond acceptors (Lipinski definition) is 4. The zero-order valence-electron chi connectivity index (χ0n) is 10.4. The van der Waals surface area contributed by atoms with Crippen LogP contribution in [0.1, 0.15) is 32.1 Å². The predicted molar refractivity (Wildman–Crippen MR) is 67.1 cm³/mol. The first kappa shape index (κ1) is 14.6. The number of nitrogens with zero attached hydrogens (tertiary/aromatic N) is 1. The van der Waals surface area contributed by atoms with Crippen LogP contribution in [0.3, 0.4) is 0 Å². The summed E-state index contributed by atoms with van der Waals surface area (Å²) in [6.45, 7) is 1.62. The highest BCUT2D eigenvalue weighted by Crippen LogP contribution is 2.22. The van der Waals surface area contributed by atoms with Crippen LogP contribution in [0, 0.1) is 5.92 Å². The van der Waals surface area contributed by atoms with E-state index >= 15 is 0 Å². The maximum Gasteiger partial charge on any atom is 0.211 e. The Balaban J connectivity index is 2.42. The molecule has 6 heteroatoms. The van der Waals surface area contributed by atoms with Gasteiger partial charge in [0.25, 0.3) is 0 Å². The Morgan fingerprint density at radius 3 is 2.76 bits per heavy atom. The van der Waals surface area contributed by atoms with Gasteiger partial charge < -0.3 is 5.73 Å². The second kappa shape index (κ2) is 6.47. The van der Waals surface area contributed by atoms with Crippen LogP contribution in [-0.4, -0.2) is 44.4 Å². The van der Waals surface area contributed by atoms with E-state index in [4.69, 9.17) is 5.73 Å². The van der Waals surface area contributed by atoms with Gasteiger partial charge in [-0.3, -0.25) is 4.79 Å². The van der Waals surface area contributed by atoms with Gasteiger partial charge in [-0.1, -0.05) is 0 Å². The summed E-state index contributed by atoms with van der Waals surface area (Å²) in [7, 11) is -3.11. The molecular weight excluding hydrogens is 240 g/mol. The van der Waals surface area contributed by atoms with Gasteiger partial charge in [0.2, 0.25) is 10.0 Å². The van der Waals surface area contributed by atoms with Crippen LogP contribution in [0.15, 0.2) is 0 Å². The van der Waals surface area contributed by atoms with E-state index in [1.54, 1.807) is 0 Å². The molecule has 5 nitrogen and oxygen atoms in total. The predicted octanol–water partition coefficient (Wildman–Crippen LogP) is 0.356. The number of rotatable bonds is 6. The number of carbonyl (C=O) groups is 1. The molecule has 1 aliphatic heterocycles. The maximum atomic E-state index is 11.6. The first-order chi connectivity index (χ1) is 7.93. The SMILES string of the molecule is CS(=O)(=O)N1CCCC(CC(=O)CCCN)C1. The first-order valence-electron chi connectivity index (χ1n) is 6.10. The Bertz CT molecular complexity index is 354. The average Bonchev–Trinajstić information content (AvgIpc) is 2.25. The molecule has 0 amide bonds.